The van der Waals surface area contributed by atoms with Gasteiger partial charge in [0.05, 0.1) is 16.9 Å². The lowest BCUT2D eigenvalue weighted by Gasteiger charge is -2.34. The fourth-order valence-electron chi connectivity index (χ4n) is 3.86. The first-order chi connectivity index (χ1) is 11.9. The average molecular weight is 380 g/mol. The van der Waals surface area contributed by atoms with Gasteiger partial charge in [0.25, 0.3) is 0 Å². The van der Waals surface area contributed by atoms with Crippen molar-refractivity contribution < 1.29 is 12.8 Å². The van der Waals surface area contributed by atoms with Gasteiger partial charge in [-0.25, -0.2) is 12.8 Å². The predicted octanol–water partition coefficient (Wildman–Crippen LogP) is 3.70. The van der Waals surface area contributed by atoms with E-state index < -0.39 is 16.1 Å². The van der Waals surface area contributed by atoms with E-state index in [2.05, 4.69) is 5.10 Å². The molecule has 1 aliphatic heterocycles. The molecule has 0 spiro atoms. The number of aryl methyl sites for hydroxylation is 1. The predicted molar refractivity (Wildman–Crippen MR) is 99.1 cm³/mol. The lowest BCUT2D eigenvalue weighted by molar-refractivity contribution is 0.324. The molecule has 1 atom stereocenters. The number of hydrogen-bond acceptors (Lipinski definition) is 3. The SMILES string of the molecule is Cc1nn(C(C)(C)C)c(C)c1S(=O)(=O)N1CCc2ccc(F)cc2C1C. The minimum absolute atomic E-state index is 0.263. The van der Waals surface area contributed by atoms with Crippen LogP contribution in [0.1, 0.15) is 56.3 Å². The molecular weight excluding hydrogens is 353 g/mol. The molecule has 1 aromatic carbocycles. The van der Waals surface area contributed by atoms with Gasteiger partial charge >= 0.3 is 0 Å². The average Bonchev–Trinajstić information content (AvgIpc) is 2.83. The summed E-state index contributed by atoms with van der Waals surface area (Å²) in [5.74, 6) is -0.345. The fourth-order valence-corrected chi connectivity index (χ4v) is 5.83. The zero-order chi connectivity index (χ0) is 19.4. The van der Waals surface area contributed by atoms with Crippen LogP contribution in [0.3, 0.4) is 0 Å². The largest absolute Gasteiger partial charge is 0.263 e. The van der Waals surface area contributed by atoms with Crippen LogP contribution in [0.4, 0.5) is 4.39 Å². The maximum atomic E-state index is 13.7. The second kappa shape index (κ2) is 6.16. The highest BCUT2D eigenvalue weighted by Crippen LogP contribution is 2.36. The van der Waals surface area contributed by atoms with Crippen LogP contribution in [0.25, 0.3) is 0 Å². The zero-order valence-electron chi connectivity index (χ0n) is 16.2. The van der Waals surface area contributed by atoms with Crippen LogP contribution in [0.2, 0.25) is 0 Å². The maximum absolute atomic E-state index is 13.7. The van der Waals surface area contributed by atoms with Gasteiger partial charge in [-0.15, -0.1) is 0 Å². The molecule has 0 N–H and O–H groups in total. The van der Waals surface area contributed by atoms with E-state index in [4.69, 9.17) is 0 Å². The van der Waals surface area contributed by atoms with Gasteiger partial charge in [-0.3, -0.25) is 4.68 Å². The fraction of sp³-hybridized carbons (Fsp3) is 0.526. The monoisotopic (exact) mass is 379 g/mol. The Morgan fingerprint density at radius 2 is 1.88 bits per heavy atom. The summed E-state index contributed by atoms with van der Waals surface area (Å²) < 4.78 is 43.8. The minimum Gasteiger partial charge on any atom is -0.263 e. The van der Waals surface area contributed by atoms with E-state index in [0.29, 0.717) is 24.4 Å². The Morgan fingerprint density at radius 1 is 1.23 bits per heavy atom. The van der Waals surface area contributed by atoms with E-state index in [-0.39, 0.29) is 16.3 Å². The van der Waals surface area contributed by atoms with Crippen molar-refractivity contribution in [2.75, 3.05) is 6.54 Å². The van der Waals surface area contributed by atoms with Crippen LogP contribution in [0.5, 0.6) is 0 Å². The van der Waals surface area contributed by atoms with Crippen LogP contribution < -0.4 is 0 Å². The van der Waals surface area contributed by atoms with Crippen molar-refractivity contribution in [1.82, 2.24) is 14.1 Å². The molecule has 5 nitrogen and oxygen atoms in total. The second-order valence-electron chi connectivity index (χ2n) is 7.97. The Morgan fingerprint density at radius 3 is 2.46 bits per heavy atom. The van der Waals surface area contributed by atoms with Crippen molar-refractivity contribution in [3.05, 3.63) is 46.5 Å². The molecule has 0 saturated carbocycles. The molecule has 26 heavy (non-hydrogen) atoms. The van der Waals surface area contributed by atoms with E-state index >= 15 is 0 Å². The van der Waals surface area contributed by atoms with Gasteiger partial charge in [0, 0.05) is 12.6 Å². The standard InChI is InChI=1S/C19H26FN3O2S/c1-12-18(14(3)23(21-12)19(4,5)6)26(24,25)22-10-9-15-7-8-16(20)11-17(15)13(22)2/h7-8,11,13H,9-10H2,1-6H3. The molecule has 0 aliphatic carbocycles. The highest BCUT2D eigenvalue weighted by Gasteiger charge is 2.38. The second-order valence-corrected chi connectivity index (χ2v) is 9.79. The van der Waals surface area contributed by atoms with Gasteiger partial charge in [-0.1, -0.05) is 6.07 Å². The van der Waals surface area contributed by atoms with E-state index in [1.54, 1.807) is 24.6 Å². The molecule has 0 amide bonds. The van der Waals surface area contributed by atoms with Gasteiger partial charge in [0.15, 0.2) is 0 Å². The number of fused-ring (bicyclic) bond motifs is 1. The number of aromatic nitrogens is 2. The van der Waals surface area contributed by atoms with Crippen LogP contribution in [-0.4, -0.2) is 29.0 Å². The molecule has 142 valence electrons. The molecule has 3 rings (SSSR count). The number of benzene rings is 1. The first-order valence-corrected chi connectivity index (χ1v) is 10.3. The summed E-state index contributed by atoms with van der Waals surface area (Å²) >= 11 is 0. The molecule has 7 heteroatoms. The summed E-state index contributed by atoms with van der Waals surface area (Å²) in [6.07, 6.45) is 0.574. The van der Waals surface area contributed by atoms with Crippen molar-refractivity contribution in [3.8, 4) is 0 Å². The lowest BCUT2D eigenvalue weighted by atomic mass is 9.95. The summed E-state index contributed by atoms with van der Waals surface area (Å²) in [6, 6.07) is 4.20. The molecule has 0 bridgehead atoms. The van der Waals surface area contributed by atoms with Crippen molar-refractivity contribution in [2.45, 2.75) is 64.4 Å². The Kier molecular flexibility index (Phi) is 4.51. The van der Waals surface area contributed by atoms with Gasteiger partial charge in [-0.2, -0.15) is 9.40 Å². The minimum atomic E-state index is -3.74. The molecule has 0 fully saturated rings. The molecule has 2 heterocycles. The van der Waals surface area contributed by atoms with E-state index in [1.807, 2.05) is 27.7 Å². The van der Waals surface area contributed by atoms with Gasteiger partial charge in [-0.05, 0) is 71.2 Å². The highest BCUT2D eigenvalue weighted by molar-refractivity contribution is 7.89. The van der Waals surface area contributed by atoms with Crippen LogP contribution in [-0.2, 0) is 22.0 Å². The summed E-state index contributed by atoms with van der Waals surface area (Å²) in [5.41, 5.74) is 2.55. The van der Waals surface area contributed by atoms with Crippen LogP contribution in [0, 0.1) is 19.7 Å². The number of hydrogen-bond donors (Lipinski definition) is 0. The summed E-state index contributed by atoms with van der Waals surface area (Å²) in [4.78, 5) is 0.263. The molecule has 1 aliphatic rings. The quantitative estimate of drug-likeness (QED) is 0.799. The normalized spacial score (nSPS) is 18.8. The molecule has 0 radical (unpaired) electrons. The Labute approximate surface area is 154 Å². The molecule has 1 aromatic heterocycles. The molecule has 2 aromatic rings. The Bertz CT molecular complexity index is 958. The van der Waals surface area contributed by atoms with Gasteiger partial charge < -0.3 is 0 Å². The third kappa shape index (κ3) is 2.97. The van der Waals surface area contributed by atoms with Crippen molar-refractivity contribution in [2.24, 2.45) is 0 Å². The molecule has 0 saturated heterocycles. The molecular formula is C19H26FN3O2S. The first kappa shape index (κ1) is 19.0. The van der Waals surface area contributed by atoms with E-state index in [0.717, 1.165) is 11.1 Å². The van der Waals surface area contributed by atoms with Gasteiger partial charge in [0.1, 0.15) is 10.7 Å². The third-order valence-corrected chi connectivity index (χ3v) is 7.24. The lowest BCUT2D eigenvalue weighted by Crippen LogP contribution is -2.39. The zero-order valence-corrected chi connectivity index (χ0v) is 17.0. The third-order valence-electron chi connectivity index (χ3n) is 5.02. The Hall–Kier alpha value is -1.73. The van der Waals surface area contributed by atoms with Gasteiger partial charge in [0.2, 0.25) is 10.0 Å². The number of nitrogens with zero attached hydrogens (tertiary/aromatic N) is 3. The summed E-state index contributed by atoms with van der Waals surface area (Å²) in [6.45, 7) is 11.7. The van der Waals surface area contributed by atoms with E-state index in [1.165, 1.54) is 16.4 Å². The van der Waals surface area contributed by atoms with E-state index in [9.17, 15) is 12.8 Å². The summed E-state index contributed by atoms with van der Waals surface area (Å²) in [5, 5.41) is 4.48. The number of sulfonamides is 1. The highest BCUT2D eigenvalue weighted by atomic mass is 32.2. The number of rotatable bonds is 2. The van der Waals surface area contributed by atoms with Crippen LogP contribution in [0.15, 0.2) is 23.1 Å². The number of halogens is 1. The topological polar surface area (TPSA) is 55.2 Å². The Balaban J connectivity index is 2.09. The molecule has 1 unspecified atom stereocenters. The van der Waals surface area contributed by atoms with Crippen molar-refractivity contribution in [1.29, 1.82) is 0 Å². The van der Waals surface area contributed by atoms with Crippen molar-refractivity contribution in [3.63, 3.8) is 0 Å². The smallest absolute Gasteiger partial charge is 0.247 e. The summed E-state index contributed by atoms with van der Waals surface area (Å²) in [7, 11) is -3.74. The van der Waals surface area contributed by atoms with Crippen molar-refractivity contribution >= 4 is 10.0 Å². The maximum Gasteiger partial charge on any atom is 0.247 e. The van der Waals surface area contributed by atoms with Crippen LogP contribution >= 0.6 is 0 Å². The first-order valence-electron chi connectivity index (χ1n) is 8.81.